The Morgan fingerprint density at radius 1 is 1.24 bits per heavy atom. The Labute approximate surface area is 130 Å². The molecular formula is C16H14BrNO3. The molecule has 4 nitrogen and oxygen atoms in total. The molecule has 0 fully saturated rings. The third kappa shape index (κ3) is 2.66. The van der Waals surface area contributed by atoms with Crippen LogP contribution >= 0.6 is 15.9 Å². The smallest absolute Gasteiger partial charge is 0.255 e. The van der Waals surface area contributed by atoms with Crippen LogP contribution < -0.4 is 5.32 Å². The van der Waals surface area contributed by atoms with Gasteiger partial charge in [-0.1, -0.05) is 40.2 Å². The lowest BCUT2D eigenvalue weighted by Crippen LogP contribution is -2.33. The van der Waals surface area contributed by atoms with E-state index in [0.717, 1.165) is 11.1 Å². The first-order valence-electron chi connectivity index (χ1n) is 6.61. The third-order valence-electron chi connectivity index (χ3n) is 3.69. The van der Waals surface area contributed by atoms with E-state index in [0.29, 0.717) is 10.9 Å². The summed E-state index contributed by atoms with van der Waals surface area (Å²) in [6.45, 7) is 0. The molecule has 108 valence electrons. The molecule has 0 radical (unpaired) electrons. The maximum absolute atomic E-state index is 12.3. The van der Waals surface area contributed by atoms with Crippen LogP contribution in [0.4, 0.5) is 0 Å². The van der Waals surface area contributed by atoms with Gasteiger partial charge in [0, 0.05) is 10.9 Å². The second kappa shape index (κ2) is 5.50. The van der Waals surface area contributed by atoms with Gasteiger partial charge in [0.2, 0.25) is 0 Å². The molecule has 2 atom stereocenters. The van der Waals surface area contributed by atoms with Crippen LogP contribution in [-0.4, -0.2) is 22.2 Å². The van der Waals surface area contributed by atoms with Gasteiger partial charge in [-0.25, -0.2) is 0 Å². The lowest BCUT2D eigenvalue weighted by atomic mass is 10.1. The van der Waals surface area contributed by atoms with Crippen molar-refractivity contribution < 1.29 is 15.0 Å². The first-order valence-corrected chi connectivity index (χ1v) is 7.41. The Morgan fingerprint density at radius 3 is 2.76 bits per heavy atom. The van der Waals surface area contributed by atoms with Crippen molar-refractivity contribution in [1.82, 2.24) is 5.32 Å². The van der Waals surface area contributed by atoms with E-state index in [9.17, 15) is 15.0 Å². The van der Waals surface area contributed by atoms with Gasteiger partial charge in [-0.15, -0.1) is 0 Å². The zero-order valence-corrected chi connectivity index (χ0v) is 12.7. The Kier molecular flexibility index (Phi) is 3.69. The van der Waals surface area contributed by atoms with Crippen molar-refractivity contribution in [2.75, 3.05) is 0 Å². The summed E-state index contributed by atoms with van der Waals surface area (Å²) in [5.74, 6) is -0.497. The van der Waals surface area contributed by atoms with Crippen LogP contribution in [0.25, 0.3) is 0 Å². The number of aliphatic hydroxyl groups excluding tert-OH is 1. The Bertz CT molecular complexity index is 702. The highest BCUT2D eigenvalue weighted by atomic mass is 79.9. The van der Waals surface area contributed by atoms with E-state index >= 15 is 0 Å². The molecule has 0 aliphatic heterocycles. The minimum absolute atomic E-state index is 0.0948. The maximum atomic E-state index is 12.3. The van der Waals surface area contributed by atoms with E-state index in [4.69, 9.17) is 0 Å². The molecule has 1 aliphatic rings. The molecule has 2 aromatic rings. The molecule has 3 rings (SSSR count). The Balaban J connectivity index is 1.85. The van der Waals surface area contributed by atoms with Crippen LogP contribution in [0.15, 0.2) is 46.9 Å². The average Bonchev–Trinajstić information content (AvgIpc) is 2.75. The number of amides is 1. The number of nitrogens with one attached hydrogen (secondary N) is 1. The molecule has 0 saturated heterocycles. The summed E-state index contributed by atoms with van der Waals surface area (Å²) in [4.78, 5) is 12.3. The lowest BCUT2D eigenvalue weighted by Gasteiger charge is -2.18. The molecule has 0 aromatic heterocycles. The fourth-order valence-electron chi connectivity index (χ4n) is 2.66. The Morgan fingerprint density at radius 2 is 2.00 bits per heavy atom. The highest BCUT2D eigenvalue weighted by molar-refractivity contribution is 9.10. The van der Waals surface area contributed by atoms with Gasteiger partial charge in [-0.05, 0) is 29.3 Å². The van der Waals surface area contributed by atoms with Crippen LogP contribution in [0.1, 0.15) is 27.5 Å². The van der Waals surface area contributed by atoms with Gasteiger partial charge in [-0.2, -0.15) is 0 Å². The normalized spacial score (nSPS) is 20.1. The van der Waals surface area contributed by atoms with Crippen LogP contribution in [0, 0.1) is 0 Å². The molecule has 0 saturated carbocycles. The molecule has 0 spiro atoms. The standard InChI is InChI=1S/C16H14BrNO3/c17-10-5-6-12(13(19)8-10)16(21)18-15-11-4-2-1-3-9(11)7-14(15)20/h1-6,8,14-15,19-20H,7H2,(H,18,21). The third-order valence-corrected chi connectivity index (χ3v) is 4.19. The van der Waals surface area contributed by atoms with Crippen LogP contribution in [0.3, 0.4) is 0 Å². The van der Waals surface area contributed by atoms with Gasteiger partial charge < -0.3 is 15.5 Å². The van der Waals surface area contributed by atoms with Gasteiger partial charge in [0.1, 0.15) is 5.75 Å². The summed E-state index contributed by atoms with van der Waals surface area (Å²) >= 11 is 3.23. The zero-order valence-electron chi connectivity index (χ0n) is 11.1. The second-order valence-electron chi connectivity index (χ2n) is 5.08. The number of carbonyl (C=O) groups excluding carboxylic acids is 1. The molecule has 0 heterocycles. The Hall–Kier alpha value is -1.85. The van der Waals surface area contributed by atoms with Crippen molar-refractivity contribution in [3.8, 4) is 5.75 Å². The van der Waals surface area contributed by atoms with E-state index in [1.165, 1.54) is 6.07 Å². The van der Waals surface area contributed by atoms with Gasteiger partial charge in [0.15, 0.2) is 0 Å². The van der Waals surface area contributed by atoms with E-state index in [-0.39, 0.29) is 11.3 Å². The van der Waals surface area contributed by atoms with Gasteiger partial charge >= 0.3 is 0 Å². The van der Waals surface area contributed by atoms with E-state index < -0.39 is 18.1 Å². The number of phenols is 1. The minimum Gasteiger partial charge on any atom is -0.507 e. The maximum Gasteiger partial charge on any atom is 0.255 e. The molecule has 2 aromatic carbocycles. The molecule has 5 heteroatoms. The highest BCUT2D eigenvalue weighted by Crippen LogP contribution is 2.32. The molecule has 2 unspecified atom stereocenters. The quantitative estimate of drug-likeness (QED) is 0.781. The number of hydrogen-bond acceptors (Lipinski definition) is 3. The monoisotopic (exact) mass is 347 g/mol. The predicted octanol–water partition coefficient (Wildman–Crippen LogP) is 2.54. The average molecular weight is 348 g/mol. The van der Waals surface area contributed by atoms with E-state index in [2.05, 4.69) is 21.2 Å². The number of fused-ring (bicyclic) bond motifs is 1. The zero-order chi connectivity index (χ0) is 15.0. The second-order valence-corrected chi connectivity index (χ2v) is 6.00. The van der Waals surface area contributed by atoms with Crippen molar-refractivity contribution in [1.29, 1.82) is 0 Å². The topological polar surface area (TPSA) is 69.6 Å². The number of hydrogen-bond donors (Lipinski definition) is 3. The fourth-order valence-corrected chi connectivity index (χ4v) is 3.01. The van der Waals surface area contributed by atoms with Crippen molar-refractivity contribution >= 4 is 21.8 Å². The van der Waals surface area contributed by atoms with Crippen molar-refractivity contribution in [2.24, 2.45) is 0 Å². The van der Waals surface area contributed by atoms with Crippen molar-refractivity contribution in [3.63, 3.8) is 0 Å². The van der Waals surface area contributed by atoms with Crippen molar-refractivity contribution in [3.05, 3.63) is 63.6 Å². The summed E-state index contributed by atoms with van der Waals surface area (Å²) in [7, 11) is 0. The molecular weight excluding hydrogens is 334 g/mol. The number of aromatic hydroxyl groups is 1. The van der Waals surface area contributed by atoms with Crippen LogP contribution in [0.2, 0.25) is 0 Å². The molecule has 21 heavy (non-hydrogen) atoms. The molecule has 0 bridgehead atoms. The van der Waals surface area contributed by atoms with Crippen LogP contribution in [0.5, 0.6) is 5.75 Å². The first-order chi connectivity index (χ1) is 10.1. The summed E-state index contributed by atoms with van der Waals surface area (Å²) < 4.78 is 0.697. The molecule has 3 N–H and O–H groups in total. The summed E-state index contributed by atoms with van der Waals surface area (Å²) in [5.41, 5.74) is 2.15. The van der Waals surface area contributed by atoms with Gasteiger partial charge in [-0.3, -0.25) is 4.79 Å². The minimum atomic E-state index is -0.649. The SMILES string of the molecule is O=C(NC1c2ccccc2CC1O)c1ccc(Br)cc1O. The van der Waals surface area contributed by atoms with Crippen LogP contribution in [-0.2, 0) is 6.42 Å². The summed E-state index contributed by atoms with van der Waals surface area (Å²) in [6, 6.07) is 11.9. The predicted molar refractivity (Wildman–Crippen MR) is 82.2 cm³/mol. The molecule has 1 amide bonds. The van der Waals surface area contributed by atoms with Gasteiger partial charge in [0.25, 0.3) is 5.91 Å². The number of carbonyl (C=O) groups is 1. The van der Waals surface area contributed by atoms with Gasteiger partial charge in [0.05, 0.1) is 17.7 Å². The number of aliphatic hydroxyl groups is 1. The number of phenolic OH excluding ortho intramolecular Hbond substituents is 1. The van der Waals surface area contributed by atoms with E-state index in [1.807, 2.05) is 24.3 Å². The summed E-state index contributed by atoms with van der Waals surface area (Å²) in [5, 5.41) is 22.8. The fraction of sp³-hybridized carbons (Fsp3) is 0.188. The molecule has 1 aliphatic carbocycles. The highest BCUT2D eigenvalue weighted by Gasteiger charge is 2.32. The lowest BCUT2D eigenvalue weighted by molar-refractivity contribution is 0.0855. The summed E-state index contributed by atoms with van der Waals surface area (Å²) in [6.07, 6.45) is -0.128. The number of rotatable bonds is 2. The number of benzene rings is 2. The van der Waals surface area contributed by atoms with E-state index in [1.54, 1.807) is 12.1 Å². The number of halogens is 1. The largest absolute Gasteiger partial charge is 0.507 e. The van der Waals surface area contributed by atoms with Crippen molar-refractivity contribution in [2.45, 2.75) is 18.6 Å². The first kappa shape index (κ1) is 14.1.